The predicted molar refractivity (Wildman–Crippen MR) is 85.5 cm³/mol. The number of hydrogen-bond acceptors (Lipinski definition) is 4. The van der Waals surface area contributed by atoms with Crippen LogP contribution in [-0.4, -0.2) is 56.5 Å². The molecule has 1 aliphatic carbocycles. The number of aromatic nitrogens is 2. The Kier molecular flexibility index (Phi) is 4.04. The Morgan fingerprint density at radius 1 is 1.19 bits per heavy atom. The molecule has 10 heteroatoms. The van der Waals surface area contributed by atoms with E-state index in [0.717, 1.165) is 6.42 Å². The SMILES string of the molecule is O=C(O)N1CCC2(CC1)CC2C(=O)N1CCc2cnc(C(F)(F)F)nc2C1. The average molecular weight is 384 g/mol. The lowest BCUT2D eigenvalue weighted by Gasteiger charge is -2.32. The van der Waals surface area contributed by atoms with Crippen molar-refractivity contribution < 1.29 is 27.9 Å². The van der Waals surface area contributed by atoms with Crippen molar-refractivity contribution in [2.75, 3.05) is 19.6 Å². The second kappa shape index (κ2) is 6.07. The maximum atomic E-state index is 12.9. The summed E-state index contributed by atoms with van der Waals surface area (Å²) >= 11 is 0. The number of carbonyl (C=O) groups is 2. The number of fused-ring (bicyclic) bond motifs is 1. The summed E-state index contributed by atoms with van der Waals surface area (Å²) in [6.45, 7) is 1.34. The van der Waals surface area contributed by atoms with E-state index in [4.69, 9.17) is 5.11 Å². The van der Waals surface area contributed by atoms with E-state index in [0.29, 0.717) is 44.5 Å². The average Bonchev–Trinajstić information content (AvgIpc) is 3.33. The van der Waals surface area contributed by atoms with Gasteiger partial charge in [-0.1, -0.05) is 0 Å². The fraction of sp³-hybridized carbons (Fsp3) is 0.647. The molecule has 1 atom stereocenters. The normalized spacial score (nSPS) is 23.9. The maximum Gasteiger partial charge on any atom is 0.451 e. The lowest BCUT2D eigenvalue weighted by Crippen LogP contribution is -2.42. The zero-order valence-electron chi connectivity index (χ0n) is 14.5. The van der Waals surface area contributed by atoms with Crippen LogP contribution in [0.4, 0.5) is 18.0 Å². The Hall–Kier alpha value is -2.39. The molecule has 4 rings (SSSR count). The second-order valence-electron chi connectivity index (χ2n) is 7.56. The molecule has 1 N–H and O–H groups in total. The number of nitrogens with zero attached hydrogens (tertiary/aromatic N) is 4. The molecule has 1 unspecified atom stereocenters. The van der Waals surface area contributed by atoms with Crippen molar-refractivity contribution in [2.24, 2.45) is 11.3 Å². The van der Waals surface area contributed by atoms with Gasteiger partial charge >= 0.3 is 12.3 Å². The highest BCUT2D eigenvalue weighted by molar-refractivity contribution is 5.83. The Morgan fingerprint density at radius 2 is 1.89 bits per heavy atom. The van der Waals surface area contributed by atoms with Crippen molar-refractivity contribution in [3.63, 3.8) is 0 Å². The van der Waals surface area contributed by atoms with Crippen LogP contribution in [0.15, 0.2) is 6.20 Å². The molecule has 0 bridgehead atoms. The van der Waals surface area contributed by atoms with Crippen LogP contribution in [0, 0.1) is 11.3 Å². The van der Waals surface area contributed by atoms with Gasteiger partial charge in [0, 0.05) is 31.7 Å². The van der Waals surface area contributed by atoms with E-state index in [2.05, 4.69) is 9.97 Å². The first kappa shape index (κ1) is 18.0. The minimum absolute atomic E-state index is 0.0587. The predicted octanol–water partition coefficient (Wildman–Crippen LogP) is 2.16. The van der Waals surface area contributed by atoms with Gasteiger partial charge in [-0.05, 0) is 36.7 Å². The van der Waals surface area contributed by atoms with Gasteiger partial charge in [0.05, 0.1) is 12.2 Å². The lowest BCUT2D eigenvalue weighted by atomic mass is 9.90. The van der Waals surface area contributed by atoms with Crippen LogP contribution in [0.5, 0.6) is 0 Å². The molecule has 2 aliphatic heterocycles. The summed E-state index contributed by atoms with van der Waals surface area (Å²) in [5.74, 6) is -1.41. The summed E-state index contributed by atoms with van der Waals surface area (Å²) in [5, 5.41) is 9.04. The van der Waals surface area contributed by atoms with E-state index in [1.54, 1.807) is 4.90 Å². The van der Waals surface area contributed by atoms with E-state index in [-0.39, 0.29) is 29.5 Å². The van der Waals surface area contributed by atoms with Crippen LogP contribution in [0.2, 0.25) is 0 Å². The molecular weight excluding hydrogens is 365 g/mol. The Morgan fingerprint density at radius 3 is 2.52 bits per heavy atom. The van der Waals surface area contributed by atoms with Crippen LogP contribution >= 0.6 is 0 Å². The number of amides is 2. The number of carboxylic acid groups (broad SMARTS) is 1. The number of hydrogen-bond donors (Lipinski definition) is 1. The molecular formula is C17H19F3N4O3. The minimum Gasteiger partial charge on any atom is -0.465 e. The highest BCUT2D eigenvalue weighted by Gasteiger charge is 2.59. The molecule has 3 aliphatic rings. The third kappa shape index (κ3) is 3.21. The van der Waals surface area contributed by atoms with Gasteiger partial charge in [-0.15, -0.1) is 0 Å². The van der Waals surface area contributed by atoms with Gasteiger partial charge in [-0.3, -0.25) is 4.79 Å². The topological polar surface area (TPSA) is 86.6 Å². The highest BCUT2D eigenvalue weighted by Crippen LogP contribution is 2.60. The summed E-state index contributed by atoms with van der Waals surface area (Å²) in [5.41, 5.74) is 0.756. The van der Waals surface area contributed by atoms with Crippen molar-refractivity contribution in [1.82, 2.24) is 19.8 Å². The molecule has 1 saturated heterocycles. The van der Waals surface area contributed by atoms with Crippen LogP contribution in [-0.2, 0) is 23.9 Å². The number of rotatable bonds is 1. The zero-order chi connectivity index (χ0) is 19.4. The van der Waals surface area contributed by atoms with Crippen LogP contribution in [0.1, 0.15) is 36.3 Å². The maximum absolute atomic E-state index is 12.9. The highest BCUT2D eigenvalue weighted by atomic mass is 19.4. The lowest BCUT2D eigenvalue weighted by molar-refractivity contribution is -0.145. The van der Waals surface area contributed by atoms with Gasteiger partial charge in [0.25, 0.3) is 0 Å². The quantitative estimate of drug-likeness (QED) is 0.802. The molecule has 7 nitrogen and oxygen atoms in total. The van der Waals surface area contributed by atoms with Crippen LogP contribution in [0.25, 0.3) is 0 Å². The smallest absolute Gasteiger partial charge is 0.451 e. The van der Waals surface area contributed by atoms with Crippen molar-refractivity contribution in [2.45, 2.75) is 38.4 Å². The van der Waals surface area contributed by atoms with Gasteiger partial charge in [0.1, 0.15) is 0 Å². The van der Waals surface area contributed by atoms with Crippen molar-refractivity contribution >= 4 is 12.0 Å². The second-order valence-corrected chi connectivity index (χ2v) is 7.56. The number of halogens is 3. The Bertz CT molecular complexity index is 790. The molecule has 146 valence electrons. The first-order chi connectivity index (χ1) is 12.7. The Labute approximate surface area is 153 Å². The van der Waals surface area contributed by atoms with Gasteiger partial charge in [-0.25, -0.2) is 14.8 Å². The fourth-order valence-corrected chi connectivity index (χ4v) is 4.24. The molecule has 0 radical (unpaired) electrons. The summed E-state index contributed by atoms with van der Waals surface area (Å²) in [6, 6.07) is 0. The van der Waals surface area contributed by atoms with Gasteiger partial charge in [0.15, 0.2) is 0 Å². The molecule has 1 aromatic heterocycles. The largest absolute Gasteiger partial charge is 0.465 e. The number of piperidine rings is 1. The first-order valence-corrected chi connectivity index (χ1v) is 8.88. The monoisotopic (exact) mass is 384 g/mol. The first-order valence-electron chi connectivity index (χ1n) is 8.88. The summed E-state index contributed by atoms with van der Waals surface area (Å²) in [6.07, 6.45) is -1.89. The third-order valence-corrected chi connectivity index (χ3v) is 6.03. The van der Waals surface area contributed by atoms with E-state index in [9.17, 15) is 22.8 Å². The van der Waals surface area contributed by atoms with E-state index < -0.39 is 18.1 Å². The van der Waals surface area contributed by atoms with E-state index in [1.165, 1.54) is 11.1 Å². The molecule has 1 aromatic rings. The molecule has 3 heterocycles. The molecule has 2 amide bonds. The fourth-order valence-electron chi connectivity index (χ4n) is 4.24. The van der Waals surface area contributed by atoms with Gasteiger partial charge < -0.3 is 14.9 Å². The Balaban J connectivity index is 1.43. The summed E-state index contributed by atoms with van der Waals surface area (Å²) in [7, 11) is 0. The number of likely N-dealkylation sites (tertiary alicyclic amines) is 1. The van der Waals surface area contributed by atoms with Crippen LogP contribution in [0.3, 0.4) is 0 Å². The minimum atomic E-state index is -4.61. The standard InChI is InChI=1S/C17H19F3N4O3/c18-17(19,20)14-21-8-10-1-4-24(9-12(10)22-14)13(25)11-7-16(11)2-5-23(6-3-16)15(26)27/h8,11H,1-7,9H2,(H,26,27). The van der Waals surface area contributed by atoms with Crippen molar-refractivity contribution in [3.05, 3.63) is 23.3 Å². The summed E-state index contributed by atoms with van der Waals surface area (Å²) < 4.78 is 38.5. The van der Waals surface area contributed by atoms with Crippen molar-refractivity contribution in [3.8, 4) is 0 Å². The van der Waals surface area contributed by atoms with Crippen LogP contribution < -0.4 is 0 Å². The summed E-state index contributed by atoms with van der Waals surface area (Å²) in [4.78, 5) is 33.8. The molecule has 1 spiro atoms. The van der Waals surface area contributed by atoms with Crippen molar-refractivity contribution in [1.29, 1.82) is 0 Å². The molecule has 2 fully saturated rings. The van der Waals surface area contributed by atoms with Gasteiger partial charge in [-0.2, -0.15) is 13.2 Å². The van der Waals surface area contributed by atoms with Gasteiger partial charge in [0.2, 0.25) is 11.7 Å². The molecule has 1 saturated carbocycles. The van der Waals surface area contributed by atoms with E-state index in [1.807, 2.05) is 0 Å². The molecule has 0 aromatic carbocycles. The number of carbonyl (C=O) groups excluding carboxylic acids is 1. The van der Waals surface area contributed by atoms with E-state index >= 15 is 0 Å². The molecule has 27 heavy (non-hydrogen) atoms. The third-order valence-electron chi connectivity index (χ3n) is 6.03. The number of alkyl halides is 3. The zero-order valence-corrected chi connectivity index (χ0v) is 14.5.